The molecule has 4 heteroatoms. The summed E-state index contributed by atoms with van der Waals surface area (Å²) < 4.78 is 0. The Balaban J connectivity index is 0. The lowest BCUT2D eigenvalue weighted by atomic mass is 9.98. The number of carboxylic acid groups (broad SMARTS) is 1. The van der Waals surface area contributed by atoms with Crippen LogP contribution in [0.4, 0.5) is 4.79 Å². The van der Waals surface area contributed by atoms with Gasteiger partial charge < -0.3 is 10.4 Å². The molecule has 0 amide bonds. The molecule has 0 radical (unpaired) electrons. The van der Waals surface area contributed by atoms with Gasteiger partial charge in [-0.2, -0.15) is 0 Å². The van der Waals surface area contributed by atoms with Gasteiger partial charge in [0.1, 0.15) is 0 Å². The van der Waals surface area contributed by atoms with Gasteiger partial charge in [0.2, 0.25) is 0 Å². The summed E-state index contributed by atoms with van der Waals surface area (Å²) in [7, 11) is 1.57. The van der Waals surface area contributed by atoms with Gasteiger partial charge in [-0.25, -0.2) is 4.79 Å². The van der Waals surface area contributed by atoms with E-state index in [-0.39, 0.29) is 0 Å². The minimum absolute atomic E-state index is 0.322. The van der Waals surface area contributed by atoms with E-state index < -0.39 is 5.71 Å². The highest BCUT2D eigenvalue weighted by Gasteiger charge is 2.15. The average molecular weight is 221 g/mol. The quantitative estimate of drug-likeness (QED) is 0.717. The van der Waals surface area contributed by atoms with Crippen LogP contribution >= 0.6 is 9.24 Å². The summed E-state index contributed by atoms with van der Waals surface area (Å²) in [4.78, 5) is 8.96. The van der Waals surface area contributed by atoms with E-state index in [0.29, 0.717) is 11.6 Å². The molecule has 14 heavy (non-hydrogen) atoms. The van der Waals surface area contributed by atoms with Crippen molar-refractivity contribution in [3.05, 3.63) is 0 Å². The van der Waals surface area contributed by atoms with Crippen molar-refractivity contribution in [2.75, 3.05) is 0 Å². The zero-order valence-corrected chi connectivity index (χ0v) is 11.1. The molecule has 0 heterocycles. The second kappa shape index (κ2) is 8.19. The predicted molar refractivity (Wildman–Crippen MR) is 65.0 cm³/mol. The first kappa shape index (κ1) is 16.3. The highest BCUT2D eigenvalue weighted by atomic mass is 31.0. The molecule has 86 valence electrons. The molecule has 0 spiro atoms. The predicted octanol–water partition coefficient (Wildman–Crippen LogP) is 3.10. The van der Waals surface area contributed by atoms with Crippen LogP contribution in [0.3, 0.4) is 0 Å². The molecule has 0 aromatic carbocycles. The molecule has 0 rings (SSSR count). The van der Waals surface area contributed by atoms with E-state index in [9.17, 15) is 0 Å². The second-order valence-corrected chi connectivity index (χ2v) is 4.77. The van der Waals surface area contributed by atoms with Gasteiger partial charge in [-0.15, -0.1) is 0 Å². The zero-order valence-electron chi connectivity index (χ0n) is 9.92. The topological polar surface area (TPSA) is 49.3 Å². The van der Waals surface area contributed by atoms with E-state index in [2.05, 4.69) is 39.9 Å². The monoisotopic (exact) mass is 221 g/mol. The maximum absolute atomic E-state index is 8.96. The Hall–Kier alpha value is -0.140. The molecule has 0 aromatic heterocycles. The third kappa shape index (κ3) is 17.8. The summed E-state index contributed by atoms with van der Waals surface area (Å²) in [6.45, 7) is 11.1. The maximum Gasteiger partial charge on any atom is 0.317 e. The van der Waals surface area contributed by atoms with Crippen molar-refractivity contribution in [1.82, 2.24) is 5.32 Å². The van der Waals surface area contributed by atoms with Crippen molar-refractivity contribution < 1.29 is 9.90 Å². The fourth-order valence-electron chi connectivity index (χ4n) is 1.48. The van der Waals surface area contributed by atoms with Crippen LogP contribution in [0.2, 0.25) is 0 Å². The van der Waals surface area contributed by atoms with Crippen molar-refractivity contribution in [2.45, 2.75) is 59.0 Å². The molecule has 0 fully saturated rings. The molecule has 0 saturated heterocycles. The summed E-state index contributed by atoms with van der Waals surface area (Å²) >= 11 is 0. The highest BCUT2D eigenvalue weighted by molar-refractivity contribution is 7.38. The van der Waals surface area contributed by atoms with E-state index in [4.69, 9.17) is 9.90 Å². The first-order valence-electron chi connectivity index (χ1n) is 4.97. The standard InChI is InChI=1S/C9H21N.CH3O2P/c1-6-7-9(4,5)10-8(2)3;2-1(3)4/h8,10H,6-7H2,1-5H3;4H2,(H,2,3). The fourth-order valence-corrected chi connectivity index (χ4v) is 1.48. The minimum atomic E-state index is -0.917. The van der Waals surface area contributed by atoms with Crippen molar-refractivity contribution in [2.24, 2.45) is 0 Å². The first-order chi connectivity index (χ1) is 6.21. The second-order valence-electron chi connectivity index (χ2n) is 4.27. The highest BCUT2D eigenvalue weighted by Crippen LogP contribution is 2.11. The molecular weight excluding hydrogens is 197 g/mol. The van der Waals surface area contributed by atoms with Crippen molar-refractivity contribution in [1.29, 1.82) is 0 Å². The van der Waals surface area contributed by atoms with Gasteiger partial charge in [0.25, 0.3) is 0 Å². The molecule has 0 aliphatic carbocycles. The summed E-state index contributed by atoms with van der Waals surface area (Å²) in [6.07, 6.45) is 2.51. The summed E-state index contributed by atoms with van der Waals surface area (Å²) in [5, 5.41) is 10.9. The Morgan fingerprint density at radius 2 is 1.86 bits per heavy atom. The number of nitrogens with one attached hydrogen (secondary N) is 1. The van der Waals surface area contributed by atoms with E-state index >= 15 is 0 Å². The Labute approximate surface area is 89.9 Å². The van der Waals surface area contributed by atoms with Crippen molar-refractivity contribution in [3.8, 4) is 0 Å². The number of hydrogen-bond donors (Lipinski definition) is 2. The maximum atomic E-state index is 8.96. The van der Waals surface area contributed by atoms with Crippen molar-refractivity contribution in [3.63, 3.8) is 0 Å². The fraction of sp³-hybridized carbons (Fsp3) is 0.900. The minimum Gasteiger partial charge on any atom is -0.479 e. The molecular formula is C10H24NO2P. The van der Waals surface area contributed by atoms with Crippen LogP contribution in [0.25, 0.3) is 0 Å². The number of rotatable bonds is 4. The lowest BCUT2D eigenvalue weighted by Gasteiger charge is -2.28. The summed E-state index contributed by atoms with van der Waals surface area (Å²) in [5.41, 5.74) is -0.594. The van der Waals surface area contributed by atoms with Crippen LogP contribution in [0, 0.1) is 0 Å². The van der Waals surface area contributed by atoms with Crippen LogP contribution in [0.1, 0.15) is 47.5 Å². The molecule has 1 unspecified atom stereocenters. The third-order valence-electron chi connectivity index (χ3n) is 1.55. The number of hydrogen-bond acceptors (Lipinski definition) is 2. The van der Waals surface area contributed by atoms with Gasteiger partial charge in [-0.1, -0.05) is 27.2 Å². The molecule has 2 N–H and O–H groups in total. The van der Waals surface area contributed by atoms with Crippen LogP contribution in [-0.4, -0.2) is 22.4 Å². The van der Waals surface area contributed by atoms with Gasteiger partial charge in [-0.05, 0) is 29.5 Å². The van der Waals surface area contributed by atoms with Gasteiger partial charge in [-0.3, -0.25) is 0 Å². The molecule has 0 aromatic rings. The first-order valence-corrected chi connectivity index (χ1v) is 5.55. The molecule has 0 bridgehead atoms. The van der Waals surface area contributed by atoms with Crippen LogP contribution in [-0.2, 0) is 0 Å². The van der Waals surface area contributed by atoms with Crippen LogP contribution in [0.15, 0.2) is 0 Å². The third-order valence-corrected chi connectivity index (χ3v) is 1.55. The van der Waals surface area contributed by atoms with E-state index in [1.807, 2.05) is 0 Å². The normalized spacial score (nSPS) is 10.8. The SMILES string of the molecule is CCCC(C)(C)NC(C)C.O=C(O)P. The van der Waals surface area contributed by atoms with E-state index in [1.165, 1.54) is 12.8 Å². The summed E-state index contributed by atoms with van der Waals surface area (Å²) in [5.74, 6) is 0. The molecule has 0 saturated carbocycles. The van der Waals surface area contributed by atoms with E-state index in [0.717, 1.165) is 0 Å². The zero-order chi connectivity index (χ0) is 11.8. The van der Waals surface area contributed by atoms with Crippen LogP contribution < -0.4 is 5.32 Å². The Kier molecular flexibility index (Phi) is 9.53. The van der Waals surface area contributed by atoms with Gasteiger partial charge in [0, 0.05) is 11.6 Å². The van der Waals surface area contributed by atoms with Crippen molar-refractivity contribution >= 4 is 15.0 Å². The molecule has 1 atom stereocenters. The Morgan fingerprint density at radius 3 is 2.07 bits per heavy atom. The molecule has 0 aliphatic rings. The van der Waals surface area contributed by atoms with Crippen LogP contribution in [0.5, 0.6) is 0 Å². The van der Waals surface area contributed by atoms with Gasteiger partial charge >= 0.3 is 5.71 Å². The lowest BCUT2D eigenvalue weighted by Crippen LogP contribution is -2.43. The van der Waals surface area contributed by atoms with E-state index in [1.54, 1.807) is 9.24 Å². The lowest BCUT2D eigenvalue weighted by molar-refractivity contribution is 0.222. The average Bonchev–Trinajstić information content (AvgIpc) is 1.80. The molecule has 0 aliphatic heterocycles. The summed E-state index contributed by atoms with van der Waals surface area (Å²) in [6, 6.07) is 0.599. The van der Waals surface area contributed by atoms with Gasteiger partial charge in [0.05, 0.1) is 0 Å². The Bertz CT molecular complexity index is 154. The largest absolute Gasteiger partial charge is 0.479 e. The Morgan fingerprint density at radius 1 is 1.50 bits per heavy atom. The number of carbonyl (C=O) groups is 1. The molecule has 3 nitrogen and oxygen atoms in total. The smallest absolute Gasteiger partial charge is 0.317 e. The van der Waals surface area contributed by atoms with Gasteiger partial charge in [0.15, 0.2) is 0 Å².